The molecular formula is C11H21NO5. The quantitative estimate of drug-likeness (QED) is 0.562. The van der Waals surface area contributed by atoms with Crippen LogP contribution < -0.4 is 5.32 Å². The van der Waals surface area contributed by atoms with Gasteiger partial charge in [-0.2, -0.15) is 0 Å². The second-order valence-electron chi connectivity index (χ2n) is 4.37. The SMILES string of the molecule is COC(=O)CCOCCNC(=O)OC(C)(C)C. The van der Waals surface area contributed by atoms with Crippen LogP contribution in [0.4, 0.5) is 4.79 Å². The molecule has 0 heterocycles. The predicted octanol–water partition coefficient (Wildman–Crippen LogP) is 1.09. The first-order chi connectivity index (χ1) is 7.85. The zero-order valence-electron chi connectivity index (χ0n) is 10.9. The average Bonchev–Trinajstić information content (AvgIpc) is 2.20. The Balaban J connectivity index is 3.40. The summed E-state index contributed by atoms with van der Waals surface area (Å²) in [5.74, 6) is -0.315. The summed E-state index contributed by atoms with van der Waals surface area (Å²) in [5.41, 5.74) is -0.504. The van der Waals surface area contributed by atoms with Crippen LogP contribution in [-0.4, -0.2) is 44.5 Å². The van der Waals surface area contributed by atoms with Gasteiger partial charge in [0, 0.05) is 6.54 Å². The molecule has 0 atom stereocenters. The highest BCUT2D eigenvalue weighted by molar-refractivity contribution is 5.69. The van der Waals surface area contributed by atoms with Crippen molar-refractivity contribution in [2.45, 2.75) is 32.8 Å². The Kier molecular flexibility index (Phi) is 7.29. The number of ether oxygens (including phenoxy) is 3. The molecule has 0 unspecified atom stereocenters. The van der Waals surface area contributed by atoms with Crippen molar-refractivity contribution in [1.82, 2.24) is 5.32 Å². The number of esters is 1. The summed E-state index contributed by atoms with van der Waals surface area (Å²) >= 11 is 0. The fourth-order valence-electron chi connectivity index (χ4n) is 0.899. The molecule has 0 rings (SSSR count). The van der Waals surface area contributed by atoms with Crippen molar-refractivity contribution in [2.75, 3.05) is 26.9 Å². The molecule has 0 aromatic heterocycles. The van der Waals surface area contributed by atoms with Gasteiger partial charge < -0.3 is 19.5 Å². The minimum absolute atomic E-state index is 0.211. The average molecular weight is 247 g/mol. The molecular weight excluding hydrogens is 226 g/mol. The molecule has 0 aliphatic rings. The molecule has 100 valence electrons. The van der Waals surface area contributed by atoms with Gasteiger partial charge in [0.1, 0.15) is 5.60 Å². The monoisotopic (exact) mass is 247 g/mol. The van der Waals surface area contributed by atoms with Crippen molar-refractivity contribution in [3.05, 3.63) is 0 Å². The third-order valence-electron chi connectivity index (χ3n) is 1.59. The summed E-state index contributed by atoms with van der Waals surface area (Å²) in [6.07, 6.45) is -0.266. The highest BCUT2D eigenvalue weighted by Gasteiger charge is 2.15. The van der Waals surface area contributed by atoms with E-state index in [1.165, 1.54) is 7.11 Å². The number of carbonyl (C=O) groups excluding carboxylic acids is 2. The van der Waals surface area contributed by atoms with E-state index >= 15 is 0 Å². The Morgan fingerprint density at radius 3 is 2.35 bits per heavy atom. The maximum Gasteiger partial charge on any atom is 0.407 e. The standard InChI is InChI=1S/C11H21NO5/c1-11(2,3)17-10(14)12-6-8-16-7-5-9(13)15-4/h5-8H2,1-4H3,(H,12,14). The van der Waals surface area contributed by atoms with E-state index in [2.05, 4.69) is 10.1 Å². The molecule has 0 saturated heterocycles. The first-order valence-corrected chi connectivity index (χ1v) is 5.46. The second-order valence-corrected chi connectivity index (χ2v) is 4.37. The summed E-state index contributed by atoms with van der Waals surface area (Å²) in [7, 11) is 1.33. The Labute approximate surface area is 102 Å². The number of hydrogen-bond acceptors (Lipinski definition) is 5. The van der Waals surface area contributed by atoms with Gasteiger partial charge in [-0.1, -0.05) is 0 Å². The van der Waals surface area contributed by atoms with Gasteiger partial charge in [-0.3, -0.25) is 4.79 Å². The maximum absolute atomic E-state index is 11.2. The van der Waals surface area contributed by atoms with Crippen molar-refractivity contribution in [1.29, 1.82) is 0 Å². The van der Waals surface area contributed by atoms with E-state index in [0.29, 0.717) is 13.2 Å². The summed E-state index contributed by atoms with van der Waals surface area (Å²) in [4.78, 5) is 21.9. The molecule has 0 aromatic carbocycles. The van der Waals surface area contributed by atoms with Crippen molar-refractivity contribution >= 4 is 12.1 Å². The molecule has 0 aliphatic carbocycles. The van der Waals surface area contributed by atoms with Crippen LogP contribution in [0.5, 0.6) is 0 Å². The van der Waals surface area contributed by atoms with Crippen LogP contribution in [0.15, 0.2) is 0 Å². The molecule has 0 aromatic rings. The highest BCUT2D eigenvalue weighted by Crippen LogP contribution is 2.05. The molecule has 17 heavy (non-hydrogen) atoms. The summed E-state index contributed by atoms with van der Waals surface area (Å²) in [5, 5.41) is 2.54. The lowest BCUT2D eigenvalue weighted by Crippen LogP contribution is -2.34. The molecule has 1 N–H and O–H groups in total. The van der Waals surface area contributed by atoms with E-state index < -0.39 is 11.7 Å². The minimum atomic E-state index is -0.504. The zero-order valence-corrected chi connectivity index (χ0v) is 10.9. The topological polar surface area (TPSA) is 73.9 Å². The molecule has 0 bridgehead atoms. The number of amides is 1. The fourth-order valence-corrected chi connectivity index (χ4v) is 0.899. The van der Waals surface area contributed by atoms with Crippen LogP contribution in [0.1, 0.15) is 27.2 Å². The molecule has 0 aliphatic heterocycles. The molecule has 1 amide bonds. The van der Waals surface area contributed by atoms with Gasteiger partial charge in [-0.05, 0) is 20.8 Å². The van der Waals surface area contributed by atoms with Gasteiger partial charge in [-0.15, -0.1) is 0 Å². The van der Waals surface area contributed by atoms with Crippen molar-refractivity contribution in [3.8, 4) is 0 Å². The Morgan fingerprint density at radius 2 is 1.82 bits per heavy atom. The fraction of sp³-hybridized carbons (Fsp3) is 0.818. The Morgan fingerprint density at radius 1 is 1.18 bits per heavy atom. The number of methoxy groups -OCH3 is 1. The van der Waals surface area contributed by atoms with E-state index in [1.54, 1.807) is 20.8 Å². The smallest absolute Gasteiger partial charge is 0.407 e. The van der Waals surface area contributed by atoms with Crippen LogP contribution in [-0.2, 0) is 19.0 Å². The number of alkyl carbamates (subject to hydrolysis) is 1. The second kappa shape index (κ2) is 7.89. The van der Waals surface area contributed by atoms with Crippen molar-refractivity contribution in [3.63, 3.8) is 0 Å². The zero-order chi connectivity index (χ0) is 13.3. The predicted molar refractivity (Wildman–Crippen MR) is 61.7 cm³/mol. The maximum atomic E-state index is 11.2. The van der Waals surface area contributed by atoms with E-state index in [-0.39, 0.29) is 19.0 Å². The summed E-state index contributed by atoms with van der Waals surface area (Å²) in [6, 6.07) is 0. The third kappa shape index (κ3) is 11.0. The van der Waals surface area contributed by atoms with Gasteiger partial charge in [0.05, 0.1) is 26.7 Å². The van der Waals surface area contributed by atoms with Gasteiger partial charge in [-0.25, -0.2) is 4.79 Å². The summed E-state index contributed by atoms with van der Waals surface area (Å²) in [6.45, 7) is 6.33. The third-order valence-corrected chi connectivity index (χ3v) is 1.59. The van der Waals surface area contributed by atoms with Gasteiger partial charge in [0.25, 0.3) is 0 Å². The highest BCUT2D eigenvalue weighted by atomic mass is 16.6. The molecule has 0 fully saturated rings. The van der Waals surface area contributed by atoms with Gasteiger partial charge in [0.15, 0.2) is 0 Å². The molecule has 0 spiro atoms. The van der Waals surface area contributed by atoms with Crippen LogP contribution >= 0.6 is 0 Å². The lowest BCUT2D eigenvalue weighted by Gasteiger charge is -2.19. The first-order valence-electron chi connectivity index (χ1n) is 5.46. The Hall–Kier alpha value is -1.30. The van der Waals surface area contributed by atoms with E-state index in [4.69, 9.17) is 9.47 Å². The first kappa shape index (κ1) is 15.7. The molecule has 0 saturated carbocycles. The van der Waals surface area contributed by atoms with Crippen LogP contribution in [0.25, 0.3) is 0 Å². The molecule has 6 nitrogen and oxygen atoms in total. The number of carbonyl (C=O) groups is 2. The largest absolute Gasteiger partial charge is 0.469 e. The van der Waals surface area contributed by atoms with E-state index in [0.717, 1.165) is 0 Å². The minimum Gasteiger partial charge on any atom is -0.469 e. The van der Waals surface area contributed by atoms with E-state index in [1.807, 2.05) is 0 Å². The van der Waals surface area contributed by atoms with Gasteiger partial charge >= 0.3 is 12.1 Å². The Bertz CT molecular complexity index is 247. The van der Waals surface area contributed by atoms with Crippen LogP contribution in [0.3, 0.4) is 0 Å². The van der Waals surface area contributed by atoms with Crippen molar-refractivity contribution < 1.29 is 23.8 Å². The number of rotatable bonds is 6. The van der Waals surface area contributed by atoms with Crippen LogP contribution in [0, 0.1) is 0 Å². The van der Waals surface area contributed by atoms with Gasteiger partial charge in [0.2, 0.25) is 0 Å². The lowest BCUT2D eigenvalue weighted by atomic mass is 10.2. The van der Waals surface area contributed by atoms with Crippen LogP contribution in [0.2, 0.25) is 0 Å². The molecule has 0 radical (unpaired) electrons. The molecule has 6 heteroatoms. The lowest BCUT2D eigenvalue weighted by molar-refractivity contribution is -0.141. The normalized spacial score (nSPS) is 10.8. The van der Waals surface area contributed by atoms with E-state index in [9.17, 15) is 9.59 Å². The number of nitrogens with one attached hydrogen (secondary N) is 1. The number of hydrogen-bond donors (Lipinski definition) is 1. The van der Waals surface area contributed by atoms with Crippen molar-refractivity contribution in [2.24, 2.45) is 0 Å². The summed E-state index contributed by atoms with van der Waals surface area (Å²) < 4.78 is 14.6.